The number of fused-ring (bicyclic) bond motifs is 1. The minimum Gasteiger partial charge on any atom is -0.491 e. The quantitative estimate of drug-likeness (QED) is 0.789. The van der Waals surface area contributed by atoms with Crippen LogP contribution in [0.4, 0.5) is 10.5 Å². The summed E-state index contributed by atoms with van der Waals surface area (Å²) in [5, 5.41) is 8.39. The maximum Gasteiger partial charge on any atom is 0.314 e. The lowest BCUT2D eigenvalue weighted by Crippen LogP contribution is -2.40. The first-order chi connectivity index (χ1) is 10.0. The summed E-state index contributed by atoms with van der Waals surface area (Å²) in [6.45, 7) is 4.75. The first-order valence-electron chi connectivity index (χ1n) is 7.14. The summed E-state index contributed by atoms with van der Waals surface area (Å²) in [5.41, 5.74) is 1.73. The van der Waals surface area contributed by atoms with Crippen LogP contribution in [-0.2, 0) is 11.2 Å². The van der Waals surface area contributed by atoms with Gasteiger partial charge in [-0.25, -0.2) is 4.79 Å². The molecule has 0 bridgehead atoms. The van der Waals surface area contributed by atoms with Crippen LogP contribution in [0, 0.1) is 0 Å². The maximum absolute atomic E-state index is 11.5. The molecule has 3 amide bonds. The summed E-state index contributed by atoms with van der Waals surface area (Å²) in [6, 6.07) is 5.63. The number of carbonyl (C=O) groups excluding carboxylic acids is 2. The minimum absolute atomic E-state index is 0.0414. The largest absolute Gasteiger partial charge is 0.491 e. The predicted octanol–water partition coefficient (Wildman–Crippen LogP) is 1.66. The molecule has 1 heterocycles. The summed E-state index contributed by atoms with van der Waals surface area (Å²) in [5.74, 6) is 0.649. The lowest BCUT2D eigenvalue weighted by molar-refractivity contribution is -0.116. The van der Waals surface area contributed by atoms with Gasteiger partial charge in [-0.3, -0.25) is 4.79 Å². The fourth-order valence-electron chi connectivity index (χ4n) is 2.06. The van der Waals surface area contributed by atoms with E-state index < -0.39 is 0 Å². The zero-order valence-corrected chi connectivity index (χ0v) is 12.4. The van der Waals surface area contributed by atoms with E-state index in [2.05, 4.69) is 16.0 Å². The normalized spacial score (nSPS) is 13.8. The highest BCUT2D eigenvalue weighted by molar-refractivity contribution is 5.93. The third-order valence-electron chi connectivity index (χ3n) is 3.02. The molecule has 21 heavy (non-hydrogen) atoms. The molecular weight excluding hydrogens is 270 g/mol. The molecule has 2 rings (SSSR count). The monoisotopic (exact) mass is 291 g/mol. The molecule has 6 heteroatoms. The van der Waals surface area contributed by atoms with Gasteiger partial charge in [0, 0.05) is 12.6 Å². The Balaban J connectivity index is 1.90. The summed E-state index contributed by atoms with van der Waals surface area (Å²) in [4.78, 5) is 23.0. The van der Waals surface area contributed by atoms with Gasteiger partial charge in [0.1, 0.15) is 5.75 Å². The van der Waals surface area contributed by atoms with E-state index in [0.29, 0.717) is 37.4 Å². The van der Waals surface area contributed by atoms with Crippen LogP contribution >= 0.6 is 0 Å². The number of carbonyl (C=O) groups is 2. The smallest absolute Gasteiger partial charge is 0.314 e. The van der Waals surface area contributed by atoms with E-state index in [1.807, 2.05) is 32.0 Å². The number of rotatable bonds is 4. The summed E-state index contributed by atoms with van der Waals surface area (Å²) in [7, 11) is 0. The minimum atomic E-state index is -0.170. The SMILES string of the molecule is CC(C)NC(=O)NCCc1ccc2c(c1)NC(=O)CCO2. The number of benzene rings is 1. The number of nitrogens with one attached hydrogen (secondary N) is 3. The molecule has 0 atom stereocenters. The highest BCUT2D eigenvalue weighted by Crippen LogP contribution is 2.28. The molecule has 0 aromatic heterocycles. The lowest BCUT2D eigenvalue weighted by atomic mass is 10.1. The second-order valence-corrected chi connectivity index (χ2v) is 5.28. The van der Waals surface area contributed by atoms with Gasteiger partial charge in [0.25, 0.3) is 0 Å². The molecule has 1 aliphatic rings. The van der Waals surface area contributed by atoms with Crippen LogP contribution in [0.2, 0.25) is 0 Å². The van der Waals surface area contributed by atoms with Crippen LogP contribution in [0.25, 0.3) is 0 Å². The molecule has 1 aromatic rings. The molecule has 114 valence electrons. The van der Waals surface area contributed by atoms with Crippen molar-refractivity contribution in [2.24, 2.45) is 0 Å². The summed E-state index contributed by atoms with van der Waals surface area (Å²) in [6.07, 6.45) is 1.05. The average molecular weight is 291 g/mol. The van der Waals surface area contributed by atoms with Crippen molar-refractivity contribution in [1.29, 1.82) is 0 Å². The number of ether oxygens (including phenoxy) is 1. The molecule has 0 radical (unpaired) electrons. The van der Waals surface area contributed by atoms with Crippen molar-refractivity contribution < 1.29 is 14.3 Å². The molecule has 3 N–H and O–H groups in total. The Morgan fingerprint density at radius 3 is 3.00 bits per heavy atom. The van der Waals surface area contributed by atoms with Crippen molar-refractivity contribution in [3.63, 3.8) is 0 Å². The fourth-order valence-corrected chi connectivity index (χ4v) is 2.06. The summed E-state index contributed by atoms with van der Waals surface area (Å²) >= 11 is 0. The molecule has 1 aromatic carbocycles. The van der Waals surface area contributed by atoms with Crippen LogP contribution < -0.4 is 20.7 Å². The first kappa shape index (κ1) is 15.2. The van der Waals surface area contributed by atoms with E-state index in [4.69, 9.17) is 4.74 Å². The summed E-state index contributed by atoms with van der Waals surface area (Å²) < 4.78 is 5.50. The Bertz CT molecular complexity index is 529. The molecule has 0 unspecified atom stereocenters. The van der Waals surface area contributed by atoms with Gasteiger partial charge in [-0.1, -0.05) is 6.07 Å². The molecule has 6 nitrogen and oxygen atoms in total. The van der Waals surface area contributed by atoms with Crippen LogP contribution in [0.15, 0.2) is 18.2 Å². The highest BCUT2D eigenvalue weighted by atomic mass is 16.5. The predicted molar refractivity (Wildman–Crippen MR) is 80.6 cm³/mol. The van der Waals surface area contributed by atoms with Crippen molar-refractivity contribution in [3.8, 4) is 5.75 Å². The number of urea groups is 1. The van der Waals surface area contributed by atoms with Crippen LogP contribution in [0.3, 0.4) is 0 Å². The Kier molecular flexibility index (Phi) is 5.03. The Labute approximate surface area is 124 Å². The van der Waals surface area contributed by atoms with Crippen LogP contribution in [-0.4, -0.2) is 31.1 Å². The van der Waals surface area contributed by atoms with Crippen LogP contribution in [0.5, 0.6) is 5.75 Å². The van der Waals surface area contributed by atoms with Crippen molar-refractivity contribution >= 4 is 17.6 Å². The number of hydrogen-bond donors (Lipinski definition) is 3. The van der Waals surface area contributed by atoms with E-state index >= 15 is 0 Å². The molecule has 0 saturated heterocycles. The Morgan fingerprint density at radius 2 is 2.24 bits per heavy atom. The van der Waals surface area contributed by atoms with Crippen LogP contribution in [0.1, 0.15) is 25.8 Å². The van der Waals surface area contributed by atoms with Gasteiger partial charge in [0.2, 0.25) is 5.91 Å². The van der Waals surface area contributed by atoms with Gasteiger partial charge in [-0.05, 0) is 38.0 Å². The van der Waals surface area contributed by atoms with Crippen molar-refractivity contribution in [3.05, 3.63) is 23.8 Å². The highest BCUT2D eigenvalue weighted by Gasteiger charge is 2.14. The molecular formula is C15H21N3O3. The average Bonchev–Trinajstić information content (AvgIpc) is 2.58. The van der Waals surface area contributed by atoms with E-state index in [1.165, 1.54) is 0 Å². The lowest BCUT2D eigenvalue weighted by Gasteiger charge is -2.11. The third-order valence-corrected chi connectivity index (χ3v) is 3.02. The molecule has 0 aliphatic carbocycles. The molecule has 1 aliphatic heterocycles. The maximum atomic E-state index is 11.5. The standard InChI is InChI=1S/C15H21N3O3/c1-10(2)17-15(20)16-7-5-11-3-4-13-12(9-11)18-14(19)6-8-21-13/h3-4,9-10H,5-8H2,1-2H3,(H,18,19)(H2,16,17,20). The molecule has 0 saturated carbocycles. The Hall–Kier alpha value is -2.24. The van der Waals surface area contributed by atoms with E-state index in [0.717, 1.165) is 5.56 Å². The zero-order chi connectivity index (χ0) is 15.2. The number of anilines is 1. The van der Waals surface area contributed by atoms with Gasteiger partial charge in [0.05, 0.1) is 18.7 Å². The van der Waals surface area contributed by atoms with Crippen molar-refractivity contribution in [1.82, 2.24) is 10.6 Å². The van der Waals surface area contributed by atoms with Gasteiger partial charge < -0.3 is 20.7 Å². The third kappa shape index (κ3) is 4.66. The van der Waals surface area contributed by atoms with Gasteiger partial charge in [-0.2, -0.15) is 0 Å². The molecule has 0 fully saturated rings. The van der Waals surface area contributed by atoms with E-state index in [-0.39, 0.29) is 18.0 Å². The number of amides is 3. The topological polar surface area (TPSA) is 79.5 Å². The van der Waals surface area contributed by atoms with E-state index in [9.17, 15) is 9.59 Å². The van der Waals surface area contributed by atoms with Crippen molar-refractivity contribution in [2.45, 2.75) is 32.7 Å². The fraction of sp³-hybridized carbons (Fsp3) is 0.467. The number of hydrogen-bond acceptors (Lipinski definition) is 3. The zero-order valence-electron chi connectivity index (χ0n) is 12.4. The van der Waals surface area contributed by atoms with E-state index in [1.54, 1.807) is 0 Å². The van der Waals surface area contributed by atoms with Gasteiger partial charge >= 0.3 is 6.03 Å². The first-order valence-corrected chi connectivity index (χ1v) is 7.14. The second kappa shape index (κ2) is 6.97. The molecule has 0 spiro atoms. The second-order valence-electron chi connectivity index (χ2n) is 5.28. The van der Waals surface area contributed by atoms with Crippen molar-refractivity contribution in [2.75, 3.05) is 18.5 Å². The van der Waals surface area contributed by atoms with Gasteiger partial charge in [-0.15, -0.1) is 0 Å². The Morgan fingerprint density at radius 1 is 1.43 bits per heavy atom. The van der Waals surface area contributed by atoms with Gasteiger partial charge in [0.15, 0.2) is 0 Å².